The highest BCUT2D eigenvalue weighted by atomic mass is 32.2. The number of halogens is 1. The summed E-state index contributed by atoms with van der Waals surface area (Å²) in [4.78, 5) is 4.95. The maximum Gasteiger partial charge on any atom is 0.128 e. The van der Waals surface area contributed by atoms with Gasteiger partial charge in [0.1, 0.15) is 11.6 Å². The van der Waals surface area contributed by atoms with E-state index in [-0.39, 0.29) is 11.9 Å². The highest BCUT2D eigenvalue weighted by Crippen LogP contribution is 2.26. The number of hydrogen-bond acceptors (Lipinski definition) is 4. The second kappa shape index (κ2) is 6.04. The predicted octanol–water partition coefficient (Wildman–Crippen LogP) is 2.90. The molecule has 1 aromatic heterocycles. The van der Waals surface area contributed by atoms with Crippen molar-refractivity contribution in [3.63, 3.8) is 0 Å². The van der Waals surface area contributed by atoms with Gasteiger partial charge in [0.05, 0.1) is 0 Å². The van der Waals surface area contributed by atoms with Crippen LogP contribution >= 0.6 is 11.8 Å². The van der Waals surface area contributed by atoms with Crippen LogP contribution in [0.25, 0.3) is 0 Å². The SMILES string of the molecule is Cc1cnc(N)c(C(N)CSc2cccc(F)c2)c1. The summed E-state index contributed by atoms with van der Waals surface area (Å²) in [5, 5.41) is 0. The summed E-state index contributed by atoms with van der Waals surface area (Å²) in [6.07, 6.45) is 1.71. The number of thioether (sulfide) groups is 1. The zero-order chi connectivity index (χ0) is 13.8. The Kier molecular flexibility index (Phi) is 4.39. The van der Waals surface area contributed by atoms with Crippen LogP contribution in [0.3, 0.4) is 0 Å². The highest BCUT2D eigenvalue weighted by molar-refractivity contribution is 7.99. The highest BCUT2D eigenvalue weighted by Gasteiger charge is 2.11. The number of hydrogen-bond donors (Lipinski definition) is 2. The Bertz CT molecular complexity index is 574. The van der Waals surface area contributed by atoms with Crippen LogP contribution in [0.2, 0.25) is 0 Å². The first-order valence-corrected chi connectivity index (χ1v) is 6.91. The lowest BCUT2D eigenvalue weighted by Crippen LogP contribution is -2.16. The normalized spacial score (nSPS) is 12.4. The molecule has 1 atom stereocenters. The van der Waals surface area contributed by atoms with E-state index in [4.69, 9.17) is 11.5 Å². The van der Waals surface area contributed by atoms with Gasteiger partial charge in [-0.15, -0.1) is 11.8 Å². The molecule has 0 radical (unpaired) electrons. The number of aromatic nitrogens is 1. The summed E-state index contributed by atoms with van der Waals surface area (Å²) < 4.78 is 13.1. The number of pyridine rings is 1. The summed E-state index contributed by atoms with van der Waals surface area (Å²) in [5.74, 6) is 0.840. The van der Waals surface area contributed by atoms with Crippen molar-refractivity contribution < 1.29 is 4.39 Å². The third kappa shape index (κ3) is 3.68. The fraction of sp³-hybridized carbons (Fsp3) is 0.214. The van der Waals surface area contributed by atoms with Crippen LogP contribution < -0.4 is 11.5 Å². The minimum atomic E-state index is -0.240. The van der Waals surface area contributed by atoms with E-state index in [1.54, 1.807) is 12.3 Å². The van der Waals surface area contributed by atoms with Crippen LogP contribution in [0.1, 0.15) is 17.2 Å². The van der Waals surface area contributed by atoms with Crippen molar-refractivity contribution in [3.8, 4) is 0 Å². The smallest absolute Gasteiger partial charge is 0.128 e. The fourth-order valence-electron chi connectivity index (χ4n) is 1.73. The van der Waals surface area contributed by atoms with Crippen molar-refractivity contribution in [1.29, 1.82) is 0 Å². The van der Waals surface area contributed by atoms with E-state index < -0.39 is 0 Å². The molecule has 19 heavy (non-hydrogen) atoms. The zero-order valence-corrected chi connectivity index (χ0v) is 11.5. The number of benzene rings is 1. The van der Waals surface area contributed by atoms with E-state index in [1.165, 1.54) is 23.9 Å². The quantitative estimate of drug-likeness (QED) is 0.843. The predicted molar refractivity (Wildman–Crippen MR) is 77.4 cm³/mol. The lowest BCUT2D eigenvalue weighted by molar-refractivity contribution is 0.624. The molecule has 0 aliphatic carbocycles. The van der Waals surface area contributed by atoms with Gasteiger partial charge in [0.2, 0.25) is 0 Å². The van der Waals surface area contributed by atoms with Crippen LogP contribution in [0.4, 0.5) is 10.2 Å². The molecule has 2 rings (SSSR count). The molecule has 0 saturated carbocycles. The number of nitrogen functional groups attached to an aromatic ring is 1. The van der Waals surface area contributed by atoms with Crippen molar-refractivity contribution in [2.24, 2.45) is 5.73 Å². The molecule has 0 amide bonds. The molecule has 1 unspecified atom stereocenters. The summed E-state index contributed by atoms with van der Waals surface area (Å²) in [6, 6.07) is 8.19. The van der Waals surface area contributed by atoms with Crippen molar-refractivity contribution in [1.82, 2.24) is 4.98 Å². The van der Waals surface area contributed by atoms with Gasteiger partial charge < -0.3 is 11.5 Å². The number of nitrogens with two attached hydrogens (primary N) is 2. The Morgan fingerprint density at radius 2 is 2.16 bits per heavy atom. The molecular formula is C14H16FN3S. The summed E-state index contributed by atoms with van der Waals surface area (Å²) in [7, 11) is 0. The van der Waals surface area contributed by atoms with Gasteiger partial charge in [-0.2, -0.15) is 0 Å². The largest absolute Gasteiger partial charge is 0.383 e. The minimum absolute atomic E-state index is 0.222. The first-order valence-electron chi connectivity index (χ1n) is 5.92. The lowest BCUT2D eigenvalue weighted by Gasteiger charge is -2.14. The zero-order valence-electron chi connectivity index (χ0n) is 10.6. The Hall–Kier alpha value is -1.59. The van der Waals surface area contributed by atoms with Crippen LogP contribution in [-0.4, -0.2) is 10.7 Å². The van der Waals surface area contributed by atoms with Gasteiger partial charge in [0.25, 0.3) is 0 Å². The fourth-order valence-corrected chi connectivity index (χ4v) is 2.65. The van der Waals surface area contributed by atoms with Crippen LogP contribution in [-0.2, 0) is 0 Å². The molecule has 1 heterocycles. The molecule has 0 aliphatic heterocycles. The molecule has 5 heteroatoms. The number of nitrogens with zero attached hydrogens (tertiary/aromatic N) is 1. The molecule has 0 aliphatic rings. The van der Waals surface area contributed by atoms with Gasteiger partial charge in [-0.05, 0) is 36.8 Å². The Morgan fingerprint density at radius 3 is 2.89 bits per heavy atom. The van der Waals surface area contributed by atoms with E-state index in [9.17, 15) is 4.39 Å². The van der Waals surface area contributed by atoms with Crippen LogP contribution in [0.15, 0.2) is 41.4 Å². The molecule has 0 saturated heterocycles. The lowest BCUT2D eigenvalue weighted by atomic mass is 10.1. The van der Waals surface area contributed by atoms with Crippen molar-refractivity contribution in [2.45, 2.75) is 17.9 Å². The Labute approximate surface area is 116 Å². The second-order valence-corrected chi connectivity index (χ2v) is 5.46. The number of rotatable bonds is 4. The molecule has 2 aromatic rings. The summed E-state index contributed by atoms with van der Waals surface area (Å²) in [5.41, 5.74) is 13.8. The number of aryl methyl sites for hydroxylation is 1. The Morgan fingerprint density at radius 1 is 1.37 bits per heavy atom. The topological polar surface area (TPSA) is 64.9 Å². The van der Waals surface area contributed by atoms with Crippen LogP contribution in [0.5, 0.6) is 0 Å². The molecule has 4 N–H and O–H groups in total. The molecule has 0 bridgehead atoms. The van der Waals surface area contributed by atoms with E-state index in [1.807, 2.05) is 19.1 Å². The van der Waals surface area contributed by atoms with E-state index in [2.05, 4.69) is 4.98 Å². The standard InChI is InChI=1S/C14H16FN3S/c1-9-5-12(14(17)18-7-9)13(16)8-19-11-4-2-3-10(15)6-11/h2-7,13H,8,16H2,1H3,(H2,17,18). The van der Waals surface area contributed by atoms with Crippen molar-refractivity contribution in [3.05, 3.63) is 53.5 Å². The van der Waals surface area contributed by atoms with Crippen molar-refractivity contribution in [2.75, 3.05) is 11.5 Å². The monoisotopic (exact) mass is 277 g/mol. The van der Waals surface area contributed by atoms with E-state index in [0.29, 0.717) is 11.6 Å². The first-order chi connectivity index (χ1) is 9.06. The molecular weight excluding hydrogens is 261 g/mol. The second-order valence-electron chi connectivity index (χ2n) is 4.36. The van der Waals surface area contributed by atoms with Gasteiger partial charge in [-0.3, -0.25) is 0 Å². The van der Waals surface area contributed by atoms with Crippen LogP contribution in [0, 0.1) is 12.7 Å². The Balaban J connectivity index is 2.05. The van der Waals surface area contributed by atoms with Crippen molar-refractivity contribution >= 4 is 17.6 Å². The van der Waals surface area contributed by atoms with Gasteiger partial charge in [-0.25, -0.2) is 9.37 Å². The van der Waals surface area contributed by atoms with E-state index in [0.717, 1.165) is 16.0 Å². The average Bonchev–Trinajstić information content (AvgIpc) is 2.39. The summed E-state index contributed by atoms with van der Waals surface area (Å²) in [6.45, 7) is 1.95. The molecule has 1 aromatic carbocycles. The third-order valence-corrected chi connectivity index (χ3v) is 3.82. The molecule has 0 fully saturated rings. The maximum atomic E-state index is 13.1. The van der Waals surface area contributed by atoms with E-state index >= 15 is 0 Å². The molecule has 0 spiro atoms. The van der Waals surface area contributed by atoms with Gasteiger partial charge in [0.15, 0.2) is 0 Å². The van der Waals surface area contributed by atoms with Gasteiger partial charge in [0, 0.05) is 28.5 Å². The van der Waals surface area contributed by atoms with Gasteiger partial charge >= 0.3 is 0 Å². The van der Waals surface area contributed by atoms with Gasteiger partial charge in [-0.1, -0.05) is 6.07 Å². The molecule has 100 valence electrons. The minimum Gasteiger partial charge on any atom is -0.383 e. The molecule has 3 nitrogen and oxygen atoms in total. The average molecular weight is 277 g/mol. The third-order valence-electron chi connectivity index (χ3n) is 2.71. The summed E-state index contributed by atoms with van der Waals surface area (Å²) >= 11 is 1.50. The maximum absolute atomic E-state index is 13.1. The first kappa shape index (κ1) is 13.8. The number of anilines is 1.